The van der Waals surface area contributed by atoms with Gasteiger partial charge in [-0.25, -0.2) is 0 Å². The molecule has 0 spiro atoms. The largest absolute Gasteiger partial charge is 0.497 e. The molecule has 4 rings (SSSR count). The van der Waals surface area contributed by atoms with Crippen molar-refractivity contribution in [2.24, 2.45) is 0 Å². The van der Waals surface area contributed by atoms with Gasteiger partial charge in [0.05, 0.1) is 25.6 Å². The molecule has 0 radical (unpaired) electrons. The van der Waals surface area contributed by atoms with Crippen LogP contribution >= 0.6 is 0 Å². The third-order valence-corrected chi connectivity index (χ3v) is 4.69. The SMILES string of the molecule is COc1ccc(C2Nc3ccccc3N2C(=O)c2ccccc2)c(OC)c1. The Morgan fingerprint density at radius 3 is 2.41 bits per heavy atom. The molecule has 0 bridgehead atoms. The Morgan fingerprint density at radius 2 is 1.67 bits per heavy atom. The van der Waals surface area contributed by atoms with E-state index in [1.165, 1.54) is 0 Å². The number of amides is 1. The van der Waals surface area contributed by atoms with Crippen molar-refractivity contribution in [3.63, 3.8) is 0 Å². The molecule has 1 unspecified atom stereocenters. The molecule has 0 saturated carbocycles. The van der Waals surface area contributed by atoms with Crippen LogP contribution in [0.15, 0.2) is 72.8 Å². The first kappa shape index (κ1) is 17.0. The van der Waals surface area contributed by atoms with Crippen molar-refractivity contribution in [3.05, 3.63) is 83.9 Å². The van der Waals surface area contributed by atoms with E-state index in [2.05, 4.69) is 5.32 Å². The fourth-order valence-corrected chi connectivity index (χ4v) is 3.36. The summed E-state index contributed by atoms with van der Waals surface area (Å²) in [7, 11) is 3.23. The van der Waals surface area contributed by atoms with Crippen molar-refractivity contribution in [1.29, 1.82) is 0 Å². The third kappa shape index (κ3) is 2.97. The smallest absolute Gasteiger partial charge is 0.260 e. The van der Waals surface area contributed by atoms with Crippen LogP contribution < -0.4 is 19.7 Å². The lowest BCUT2D eigenvalue weighted by molar-refractivity contribution is 0.0981. The van der Waals surface area contributed by atoms with Crippen molar-refractivity contribution < 1.29 is 14.3 Å². The molecular weight excluding hydrogens is 340 g/mol. The summed E-state index contributed by atoms with van der Waals surface area (Å²) in [4.78, 5) is 15.1. The highest BCUT2D eigenvalue weighted by atomic mass is 16.5. The van der Waals surface area contributed by atoms with E-state index >= 15 is 0 Å². The van der Waals surface area contributed by atoms with Gasteiger partial charge in [0.25, 0.3) is 5.91 Å². The first-order chi connectivity index (χ1) is 13.2. The van der Waals surface area contributed by atoms with Crippen LogP contribution in [0.2, 0.25) is 0 Å². The standard InChI is InChI=1S/C22H20N2O3/c1-26-16-12-13-17(20(14-16)27-2)21-23-18-10-6-7-11-19(18)24(21)22(25)15-8-4-3-5-9-15/h3-14,21,23H,1-2H3. The molecule has 136 valence electrons. The van der Waals surface area contributed by atoms with E-state index in [0.717, 1.165) is 16.9 Å². The van der Waals surface area contributed by atoms with Gasteiger partial charge < -0.3 is 14.8 Å². The second-order valence-electron chi connectivity index (χ2n) is 6.21. The van der Waals surface area contributed by atoms with Crippen molar-refractivity contribution in [2.75, 3.05) is 24.4 Å². The summed E-state index contributed by atoms with van der Waals surface area (Å²) >= 11 is 0. The molecule has 5 nitrogen and oxygen atoms in total. The summed E-state index contributed by atoms with van der Waals surface area (Å²) in [5.41, 5.74) is 3.24. The van der Waals surface area contributed by atoms with E-state index < -0.39 is 0 Å². The first-order valence-corrected chi connectivity index (χ1v) is 8.69. The molecule has 0 fully saturated rings. The highest BCUT2D eigenvalue weighted by Gasteiger charge is 2.36. The van der Waals surface area contributed by atoms with Crippen LogP contribution in [0.1, 0.15) is 22.1 Å². The van der Waals surface area contributed by atoms with Gasteiger partial charge in [0.1, 0.15) is 17.7 Å². The van der Waals surface area contributed by atoms with E-state index in [9.17, 15) is 4.79 Å². The molecule has 1 amide bonds. The van der Waals surface area contributed by atoms with Crippen LogP contribution in [0.25, 0.3) is 0 Å². The Hall–Kier alpha value is -3.47. The highest BCUT2D eigenvalue weighted by molar-refractivity contribution is 6.10. The number of fused-ring (bicyclic) bond motifs is 1. The summed E-state index contributed by atoms with van der Waals surface area (Å²) in [6.07, 6.45) is -0.379. The number of benzene rings is 3. The van der Waals surface area contributed by atoms with E-state index in [-0.39, 0.29) is 12.1 Å². The molecule has 1 aliphatic rings. The van der Waals surface area contributed by atoms with E-state index in [1.807, 2.05) is 72.8 Å². The normalized spacial score (nSPS) is 15.0. The van der Waals surface area contributed by atoms with Crippen LogP contribution in [0.4, 0.5) is 11.4 Å². The quantitative estimate of drug-likeness (QED) is 0.746. The van der Waals surface area contributed by atoms with Gasteiger partial charge in [0.15, 0.2) is 0 Å². The summed E-state index contributed by atoms with van der Waals surface area (Å²) in [5.74, 6) is 1.29. The average Bonchev–Trinajstić information content (AvgIpc) is 3.12. The highest BCUT2D eigenvalue weighted by Crippen LogP contribution is 2.44. The molecule has 1 heterocycles. The van der Waals surface area contributed by atoms with Crippen LogP contribution in [-0.2, 0) is 0 Å². The molecular formula is C22H20N2O3. The number of hydrogen-bond acceptors (Lipinski definition) is 4. The van der Waals surface area contributed by atoms with Gasteiger partial charge in [-0.2, -0.15) is 0 Å². The number of methoxy groups -OCH3 is 2. The Balaban J connectivity index is 1.82. The molecule has 27 heavy (non-hydrogen) atoms. The minimum absolute atomic E-state index is 0.0732. The lowest BCUT2D eigenvalue weighted by Crippen LogP contribution is -2.34. The predicted octanol–water partition coefficient (Wildman–Crippen LogP) is 4.47. The molecule has 0 aromatic heterocycles. The van der Waals surface area contributed by atoms with Gasteiger partial charge in [-0.3, -0.25) is 9.69 Å². The number of carbonyl (C=O) groups excluding carboxylic acids is 1. The maximum Gasteiger partial charge on any atom is 0.260 e. The molecule has 3 aromatic rings. The summed E-state index contributed by atoms with van der Waals surface area (Å²) in [5, 5.41) is 3.45. The van der Waals surface area contributed by atoms with Gasteiger partial charge >= 0.3 is 0 Å². The lowest BCUT2D eigenvalue weighted by atomic mass is 10.1. The second kappa shape index (κ2) is 7.03. The van der Waals surface area contributed by atoms with Crippen molar-refractivity contribution >= 4 is 17.3 Å². The Bertz CT molecular complexity index is 972. The van der Waals surface area contributed by atoms with Crippen LogP contribution in [-0.4, -0.2) is 20.1 Å². The summed E-state index contributed by atoms with van der Waals surface area (Å²) < 4.78 is 10.9. The molecule has 1 atom stereocenters. The number of para-hydroxylation sites is 2. The lowest BCUT2D eigenvalue weighted by Gasteiger charge is -2.27. The van der Waals surface area contributed by atoms with E-state index in [0.29, 0.717) is 17.1 Å². The average molecular weight is 360 g/mol. The number of rotatable bonds is 4. The minimum Gasteiger partial charge on any atom is -0.497 e. The minimum atomic E-state index is -0.379. The van der Waals surface area contributed by atoms with E-state index in [1.54, 1.807) is 19.1 Å². The zero-order valence-electron chi connectivity index (χ0n) is 15.2. The molecule has 5 heteroatoms. The van der Waals surface area contributed by atoms with Crippen LogP contribution in [0.3, 0.4) is 0 Å². The van der Waals surface area contributed by atoms with Crippen LogP contribution in [0.5, 0.6) is 11.5 Å². The number of nitrogens with one attached hydrogen (secondary N) is 1. The fourth-order valence-electron chi connectivity index (χ4n) is 3.36. The number of hydrogen-bond donors (Lipinski definition) is 1. The molecule has 1 N–H and O–H groups in total. The molecule has 0 saturated heterocycles. The third-order valence-electron chi connectivity index (χ3n) is 4.69. The van der Waals surface area contributed by atoms with Crippen molar-refractivity contribution in [3.8, 4) is 11.5 Å². The van der Waals surface area contributed by atoms with Gasteiger partial charge in [0, 0.05) is 17.2 Å². The van der Waals surface area contributed by atoms with E-state index in [4.69, 9.17) is 9.47 Å². The molecule has 1 aliphatic heterocycles. The Kier molecular flexibility index (Phi) is 4.42. The number of carbonyl (C=O) groups is 1. The zero-order chi connectivity index (χ0) is 18.8. The summed E-state index contributed by atoms with van der Waals surface area (Å²) in [6, 6.07) is 22.7. The van der Waals surface area contributed by atoms with Gasteiger partial charge in [-0.15, -0.1) is 0 Å². The first-order valence-electron chi connectivity index (χ1n) is 8.69. The Morgan fingerprint density at radius 1 is 0.926 bits per heavy atom. The van der Waals surface area contributed by atoms with Crippen molar-refractivity contribution in [1.82, 2.24) is 0 Å². The summed E-state index contributed by atoms with van der Waals surface area (Å²) in [6.45, 7) is 0. The van der Waals surface area contributed by atoms with Gasteiger partial charge in [-0.1, -0.05) is 30.3 Å². The molecule has 0 aliphatic carbocycles. The Labute approximate surface area is 158 Å². The van der Waals surface area contributed by atoms with Crippen molar-refractivity contribution in [2.45, 2.75) is 6.17 Å². The van der Waals surface area contributed by atoms with Gasteiger partial charge in [0.2, 0.25) is 0 Å². The number of nitrogens with zero attached hydrogens (tertiary/aromatic N) is 1. The maximum atomic E-state index is 13.3. The second-order valence-corrected chi connectivity index (χ2v) is 6.21. The van der Waals surface area contributed by atoms with Crippen LogP contribution in [0, 0.1) is 0 Å². The molecule has 3 aromatic carbocycles. The predicted molar refractivity (Wildman–Crippen MR) is 106 cm³/mol. The van der Waals surface area contributed by atoms with Gasteiger partial charge in [-0.05, 0) is 36.4 Å². The monoisotopic (exact) mass is 360 g/mol. The topological polar surface area (TPSA) is 50.8 Å². The fraction of sp³-hybridized carbons (Fsp3) is 0.136. The number of anilines is 2. The maximum absolute atomic E-state index is 13.3. The number of ether oxygens (including phenoxy) is 2. The zero-order valence-corrected chi connectivity index (χ0v) is 15.2.